The SMILES string of the molecule is CC(C)C[C@H](NC(=O)[C@H](Cc1c[nH]c2ccccc12)NC(=O)[C@H](C)NC(=O)[C@@H]1CCCN1C(=O)[C@H](C)N)C(=O)N[C@@H](Cc1ccccc1)C(=O)N[C@@H](CCC(=O)O)C(=O)N[C@@H](C)C=O. The van der Waals surface area contributed by atoms with Crippen LogP contribution < -0.4 is 37.6 Å². The number of likely N-dealkylation sites (tertiary alicyclic amines) is 1. The molecule has 8 atom stereocenters. The van der Waals surface area contributed by atoms with Gasteiger partial charge in [-0.25, -0.2) is 0 Å². The van der Waals surface area contributed by atoms with Gasteiger partial charge in [-0.15, -0.1) is 0 Å². The van der Waals surface area contributed by atoms with Crippen LogP contribution in [0, 0.1) is 5.92 Å². The number of fused-ring (bicyclic) bond motifs is 1. The molecule has 346 valence electrons. The topological polar surface area (TPSA) is 291 Å². The number of carbonyl (C=O) groups excluding carboxylic acids is 8. The Morgan fingerprint density at radius 3 is 1.97 bits per heavy atom. The van der Waals surface area contributed by atoms with Crippen LogP contribution in [0.3, 0.4) is 0 Å². The van der Waals surface area contributed by atoms with Gasteiger partial charge in [0.1, 0.15) is 42.5 Å². The second-order valence-corrected chi connectivity index (χ2v) is 16.7. The van der Waals surface area contributed by atoms with E-state index in [-0.39, 0.29) is 37.5 Å². The first-order chi connectivity index (χ1) is 30.4. The van der Waals surface area contributed by atoms with Crippen LogP contribution in [0.5, 0.6) is 0 Å². The van der Waals surface area contributed by atoms with Crippen LogP contribution in [-0.4, -0.2) is 123 Å². The normalized spacial score (nSPS) is 16.9. The first kappa shape index (κ1) is 50.0. The van der Waals surface area contributed by atoms with E-state index in [9.17, 15) is 48.3 Å². The van der Waals surface area contributed by atoms with E-state index in [1.165, 1.54) is 25.7 Å². The Labute approximate surface area is 371 Å². The highest BCUT2D eigenvalue weighted by molar-refractivity contribution is 5.98. The number of carbonyl (C=O) groups is 9. The van der Waals surface area contributed by atoms with E-state index in [0.717, 1.165) is 10.9 Å². The lowest BCUT2D eigenvalue weighted by Crippen LogP contribution is -2.60. The molecule has 19 nitrogen and oxygen atoms in total. The average Bonchev–Trinajstić information content (AvgIpc) is 3.92. The van der Waals surface area contributed by atoms with E-state index in [0.29, 0.717) is 36.8 Å². The number of aldehydes is 1. The zero-order chi connectivity index (χ0) is 47.1. The van der Waals surface area contributed by atoms with Crippen molar-refractivity contribution in [1.29, 1.82) is 0 Å². The van der Waals surface area contributed by atoms with Crippen molar-refractivity contribution in [3.8, 4) is 0 Å². The summed E-state index contributed by atoms with van der Waals surface area (Å²) in [5.41, 5.74) is 7.90. The number of aromatic nitrogens is 1. The highest BCUT2D eigenvalue weighted by Gasteiger charge is 2.37. The summed E-state index contributed by atoms with van der Waals surface area (Å²) in [4.78, 5) is 123. The van der Waals surface area contributed by atoms with Gasteiger partial charge in [0.15, 0.2) is 0 Å². The van der Waals surface area contributed by atoms with Gasteiger partial charge < -0.3 is 57.4 Å². The van der Waals surface area contributed by atoms with Crippen LogP contribution in [0.4, 0.5) is 0 Å². The Morgan fingerprint density at radius 1 is 0.750 bits per heavy atom. The molecule has 64 heavy (non-hydrogen) atoms. The Balaban J connectivity index is 1.59. The number of carboxylic acids is 1. The van der Waals surface area contributed by atoms with Gasteiger partial charge in [-0.3, -0.25) is 38.4 Å². The summed E-state index contributed by atoms with van der Waals surface area (Å²) in [7, 11) is 0. The number of hydrogen-bond acceptors (Lipinski definition) is 10. The second-order valence-electron chi connectivity index (χ2n) is 16.7. The fourth-order valence-corrected chi connectivity index (χ4v) is 7.44. The molecule has 2 heterocycles. The predicted molar refractivity (Wildman–Crippen MR) is 236 cm³/mol. The van der Waals surface area contributed by atoms with Gasteiger partial charge in [-0.1, -0.05) is 62.4 Å². The van der Waals surface area contributed by atoms with Crippen LogP contribution >= 0.6 is 0 Å². The summed E-state index contributed by atoms with van der Waals surface area (Å²) in [5.74, 6) is -6.11. The third-order valence-corrected chi connectivity index (χ3v) is 10.8. The van der Waals surface area contributed by atoms with E-state index in [2.05, 4.69) is 36.9 Å². The minimum absolute atomic E-state index is 0.0287. The highest BCUT2D eigenvalue weighted by atomic mass is 16.4. The van der Waals surface area contributed by atoms with Crippen molar-refractivity contribution in [3.05, 3.63) is 71.9 Å². The summed E-state index contributed by atoms with van der Waals surface area (Å²) in [6.45, 7) is 8.40. The third-order valence-electron chi connectivity index (χ3n) is 10.8. The Bertz CT molecular complexity index is 2140. The fourth-order valence-electron chi connectivity index (χ4n) is 7.44. The number of hydrogen-bond donors (Lipinski definition) is 9. The van der Waals surface area contributed by atoms with Gasteiger partial charge in [-0.05, 0) is 69.6 Å². The summed E-state index contributed by atoms with van der Waals surface area (Å²) >= 11 is 0. The molecule has 0 saturated carbocycles. The number of rotatable bonds is 23. The largest absolute Gasteiger partial charge is 0.481 e. The van der Waals surface area contributed by atoms with Gasteiger partial charge >= 0.3 is 5.97 Å². The van der Waals surface area contributed by atoms with Gasteiger partial charge in [0.2, 0.25) is 41.4 Å². The molecule has 0 radical (unpaired) electrons. The number of aliphatic carboxylic acids is 1. The molecule has 1 aliphatic rings. The molecular weight excluding hydrogens is 827 g/mol. The summed E-state index contributed by atoms with van der Waals surface area (Å²) in [6.07, 6.45) is 2.38. The molecule has 1 fully saturated rings. The molecule has 0 aliphatic carbocycles. The number of amides is 7. The van der Waals surface area contributed by atoms with E-state index in [1.807, 2.05) is 38.1 Å². The Kier molecular flexibility index (Phi) is 18.5. The lowest BCUT2D eigenvalue weighted by molar-refractivity contribution is -0.140. The number of nitrogens with zero attached hydrogens (tertiary/aromatic N) is 1. The minimum atomic E-state index is -1.37. The fraction of sp³-hybridized carbons (Fsp3) is 0.489. The monoisotopic (exact) mass is 887 g/mol. The first-order valence-corrected chi connectivity index (χ1v) is 21.5. The summed E-state index contributed by atoms with van der Waals surface area (Å²) in [6, 6.07) is 7.14. The molecule has 1 saturated heterocycles. The molecule has 7 amide bonds. The standard InChI is InChI=1S/C45H61N9O10/c1-25(2)20-34(41(60)53-35(21-29-12-7-6-8-13-29)42(61)50-33(17-18-38(56)57)40(59)48-26(3)24-55)52-43(62)36(22-30-23-47-32-15-10-9-14-31(30)32)51-39(58)28(5)49-44(63)37-16-11-19-54(37)45(64)27(4)46/h6-10,12-15,23-28,33-37,47H,11,16-22,46H2,1-5H3,(H,48,59)(H,49,63)(H,50,61)(H,51,58)(H,52,62)(H,53,60)(H,56,57)/t26-,27-,28-,33-,34-,35-,36-,37-/m0/s1. The van der Waals surface area contributed by atoms with Crippen molar-refractivity contribution in [1.82, 2.24) is 41.8 Å². The molecule has 1 aromatic heterocycles. The van der Waals surface area contributed by atoms with Crippen molar-refractivity contribution < 1.29 is 48.3 Å². The van der Waals surface area contributed by atoms with Crippen LogP contribution in [0.25, 0.3) is 10.9 Å². The molecule has 0 unspecified atom stereocenters. The van der Waals surface area contributed by atoms with Crippen molar-refractivity contribution in [2.45, 2.75) is 128 Å². The molecular formula is C45H61N9O10. The van der Waals surface area contributed by atoms with Gasteiger partial charge in [0.05, 0.1) is 12.1 Å². The van der Waals surface area contributed by atoms with Crippen molar-refractivity contribution in [2.75, 3.05) is 6.54 Å². The van der Waals surface area contributed by atoms with Crippen molar-refractivity contribution in [3.63, 3.8) is 0 Å². The molecule has 10 N–H and O–H groups in total. The second kappa shape index (κ2) is 23.7. The number of nitrogens with one attached hydrogen (secondary N) is 7. The predicted octanol–water partition coefficient (Wildman–Crippen LogP) is 0.350. The van der Waals surface area contributed by atoms with Gasteiger partial charge in [-0.2, -0.15) is 0 Å². The number of H-pyrrole nitrogens is 1. The number of nitrogens with two attached hydrogens (primary N) is 1. The first-order valence-electron chi connectivity index (χ1n) is 21.5. The number of carboxylic acid groups (broad SMARTS) is 1. The van der Waals surface area contributed by atoms with E-state index in [1.54, 1.807) is 36.5 Å². The zero-order valence-electron chi connectivity index (χ0n) is 36.8. The quantitative estimate of drug-likeness (QED) is 0.0586. The molecule has 4 rings (SSSR count). The average molecular weight is 888 g/mol. The smallest absolute Gasteiger partial charge is 0.303 e. The van der Waals surface area contributed by atoms with Crippen molar-refractivity contribution in [2.24, 2.45) is 11.7 Å². The molecule has 2 aromatic carbocycles. The van der Waals surface area contributed by atoms with E-state index >= 15 is 0 Å². The van der Waals surface area contributed by atoms with Crippen LogP contribution in [0.15, 0.2) is 60.8 Å². The van der Waals surface area contributed by atoms with Crippen LogP contribution in [-0.2, 0) is 56.0 Å². The van der Waals surface area contributed by atoms with E-state index < -0.39 is 96.2 Å². The molecule has 19 heteroatoms. The number of benzene rings is 2. The van der Waals surface area contributed by atoms with Crippen LogP contribution in [0.2, 0.25) is 0 Å². The van der Waals surface area contributed by atoms with Gasteiger partial charge in [0.25, 0.3) is 0 Å². The maximum atomic E-state index is 14.4. The van der Waals surface area contributed by atoms with Crippen LogP contribution in [0.1, 0.15) is 77.8 Å². The maximum Gasteiger partial charge on any atom is 0.303 e. The zero-order valence-corrected chi connectivity index (χ0v) is 36.8. The maximum absolute atomic E-state index is 14.4. The lowest BCUT2D eigenvalue weighted by atomic mass is 9.99. The van der Waals surface area contributed by atoms with Gasteiger partial charge in [0, 0.05) is 42.9 Å². The summed E-state index contributed by atoms with van der Waals surface area (Å²) < 4.78 is 0. The molecule has 0 bridgehead atoms. The Morgan fingerprint density at radius 2 is 1.33 bits per heavy atom. The lowest BCUT2D eigenvalue weighted by Gasteiger charge is -2.28. The molecule has 3 aromatic rings. The van der Waals surface area contributed by atoms with E-state index in [4.69, 9.17) is 5.73 Å². The highest BCUT2D eigenvalue weighted by Crippen LogP contribution is 2.21. The third kappa shape index (κ3) is 14.5. The Hall–Kier alpha value is -6.63. The number of para-hydroxylation sites is 1. The summed E-state index contributed by atoms with van der Waals surface area (Å²) in [5, 5.41) is 26.0. The van der Waals surface area contributed by atoms with Crippen molar-refractivity contribution >= 4 is 64.5 Å². The molecule has 1 aliphatic heterocycles. The molecule has 0 spiro atoms. The minimum Gasteiger partial charge on any atom is -0.481 e. The number of aromatic amines is 1.